The van der Waals surface area contributed by atoms with Gasteiger partial charge in [-0.2, -0.15) is 0 Å². The summed E-state index contributed by atoms with van der Waals surface area (Å²) >= 11 is 0. The van der Waals surface area contributed by atoms with Crippen molar-refractivity contribution in [1.29, 1.82) is 0 Å². The van der Waals surface area contributed by atoms with Gasteiger partial charge < -0.3 is 15.5 Å². The van der Waals surface area contributed by atoms with Crippen LogP contribution in [0, 0.1) is 6.54 Å². The minimum atomic E-state index is -0.394. The highest BCUT2D eigenvalue weighted by Gasteiger charge is 1.93. The Bertz CT molecular complexity index is 66.6. The van der Waals surface area contributed by atoms with Crippen LogP contribution in [0.5, 0.6) is 0 Å². The van der Waals surface area contributed by atoms with Gasteiger partial charge in [-0.15, -0.1) is 0 Å². The summed E-state index contributed by atoms with van der Waals surface area (Å²) in [6.07, 6.45) is 1.37. The molecule has 0 spiro atoms. The number of aliphatic hydroxyl groups excluding tert-OH is 2. The van der Waals surface area contributed by atoms with Crippen molar-refractivity contribution in [2.75, 3.05) is 13.2 Å². The zero-order chi connectivity index (χ0) is 7.82. The van der Waals surface area contributed by atoms with E-state index in [4.69, 9.17) is 10.2 Å². The van der Waals surface area contributed by atoms with Gasteiger partial charge in [0.1, 0.15) is 0 Å². The van der Waals surface area contributed by atoms with Crippen LogP contribution in [0.4, 0.5) is 0 Å². The topological polar surface area (TPSA) is 52.5 Å². The van der Waals surface area contributed by atoms with Crippen LogP contribution in [0.25, 0.3) is 0 Å². The zero-order valence-electron chi connectivity index (χ0n) is 6.38. The van der Waals surface area contributed by atoms with Gasteiger partial charge in [0.15, 0.2) is 0 Å². The van der Waals surface area contributed by atoms with E-state index in [1.54, 1.807) is 13.5 Å². The fraction of sp³-hybridized carbons (Fsp3) is 0.857. The Balaban J connectivity index is 2.77. The number of unbranched alkanes of at least 4 members (excludes halogenated alkanes) is 1. The number of hydrogen-bond donors (Lipinski definition) is 3. The molecule has 3 N–H and O–H groups in total. The maximum Gasteiger partial charge on any atom is 0.0681 e. The molecule has 0 fully saturated rings. The van der Waals surface area contributed by atoms with Gasteiger partial charge in [-0.05, 0) is 26.3 Å². The number of aliphatic hydroxyl groups is 2. The molecule has 0 aromatic heterocycles. The van der Waals surface area contributed by atoms with Gasteiger partial charge in [-0.3, -0.25) is 0 Å². The van der Waals surface area contributed by atoms with E-state index in [-0.39, 0.29) is 6.61 Å². The van der Waals surface area contributed by atoms with E-state index in [9.17, 15) is 0 Å². The molecule has 0 saturated carbocycles. The lowest BCUT2D eigenvalue weighted by atomic mass is 10.3. The monoisotopic (exact) mass is 146 g/mol. The van der Waals surface area contributed by atoms with Crippen LogP contribution >= 0.6 is 0 Å². The summed E-state index contributed by atoms with van der Waals surface area (Å²) in [5.41, 5.74) is 0. The fourth-order valence-electron chi connectivity index (χ4n) is 0.593. The standard InChI is InChI=1S/C7H16NO2/c1-7(10)6-8-4-2-3-5-9/h6-10H,2-5H2,1H3. The van der Waals surface area contributed by atoms with E-state index in [0.717, 1.165) is 19.4 Å². The summed E-state index contributed by atoms with van der Waals surface area (Å²) in [6, 6.07) is 0. The van der Waals surface area contributed by atoms with Crippen molar-refractivity contribution in [3.05, 3.63) is 6.54 Å². The Labute approximate surface area is 62.1 Å². The number of rotatable bonds is 6. The molecular formula is C7H16NO2. The van der Waals surface area contributed by atoms with Crippen molar-refractivity contribution in [2.24, 2.45) is 0 Å². The van der Waals surface area contributed by atoms with Crippen LogP contribution in [0.15, 0.2) is 0 Å². The lowest BCUT2D eigenvalue weighted by molar-refractivity contribution is 0.217. The molecule has 0 aliphatic carbocycles. The molecular weight excluding hydrogens is 130 g/mol. The largest absolute Gasteiger partial charge is 0.396 e. The molecule has 3 nitrogen and oxygen atoms in total. The smallest absolute Gasteiger partial charge is 0.0681 e. The maximum absolute atomic E-state index is 8.74. The molecule has 0 heterocycles. The molecule has 0 aliphatic heterocycles. The van der Waals surface area contributed by atoms with Crippen molar-refractivity contribution in [2.45, 2.75) is 25.9 Å². The highest BCUT2D eigenvalue weighted by Crippen LogP contribution is 1.86. The Hall–Kier alpha value is -0.120. The first-order valence-corrected chi connectivity index (χ1v) is 3.63. The maximum atomic E-state index is 8.74. The lowest BCUT2D eigenvalue weighted by Crippen LogP contribution is -2.19. The average molecular weight is 146 g/mol. The van der Waals surface area contributed by atoms with E-state index in [2.05, 4.69) is 5.32 Å². The van der Waals surface area contributed by atoms with E-state index < -0.39 is 6.10 Å². The molecule has 1 atom stereocenters. The molecule has 10 heavy (non-hydrogen) atoms. The molecule has 0 bridgehead atoms. The third-order valence-corrected chi connectivity index (χ3v) is 1.09. The molecule has 3 heteroatoms. The van der Waals surface area contributed by atoms with E-state index in [0.29, 0.717) is 0 Å². The first kappa shape index (κ1) is 9.88. The third kappa shape index (κ3) is 7.88. The fourth-order valence-corrected chi connectivity index (χ4v) is 0.593. The lowest BCUT2D eigenvalue weighted by Gasteiger charge is -2.04. The minimum Gasteiger partial charge on any atom is -0.396 e. The predicted molar refractivity (Wildman–Crippen MR) is 40.3 cm³/mol. The highest BCUT2D eigenvalue weighted by atomic mass is 16.3. The summed E-state index contributed by atoms with van der Waals surface area (Å²) in [5, 5.41) is 20.1. The summed E-state index contributed by atoms with van der Waals surface area (Å²) in [7, 11) is 0. The zero-order valence-corrected chi connectivity index (χ0v) is 6.38. The first-order valence-electron chi connectivity index (χ1n) is 3.63. The Morgan fingerprint density at radius 1 is 1.50 bits per heavy atom. The van der Waals surface area contributed by atoms with Gasteiger partial charge in [0.25, 0.3) is 0 Å². The third-order valence-electron chi connectivity index (χ3n) is 1.09. The molecule has 0 aromatic carbocycles. The van der Waals surface area contributed by atoms with Gasteiger partial charge in [0, 0.05) is 6.61 Å². The predicted octanol–water partition coefficient (Wildman–Crippen LogP) is -0.109. The van der Waals surface area contributed by atoms with Gasteiger partial charge in [0.05, 0.1) is 12.6 Å². The van der Waals surface area contributed by atoms with Crippen molar-refractivity contribution < 1.29 is 10.2 Å². The molecule has 0 rings (SSSR count). The molecule has 0 aliphatic rings. The molecule has 61 valence electrons. The Kier molecular flexibility index (Phi) is 6.91. The number of nitrogens with one attached hydrogen (secondary N) is 1. The van der Waals surface area contributed by atoms with Crippen molar-refractivity contribution in [1.82, 2.24) is 5.32 Å². The highest BCUT2D eigenvalue weighted by molar-refractivity contribution is 4.67. The second kappa shape index (κ2) is 6.99. The SMILES string of the molecule is CC(O)[CH]NCCCCO. The Morgan fingerprint density at radius 3 is 2.70 bits per heavy atom. The first-order chi connectivity index (χ1) is 4.77. The van der Waals surface area contributed by atoms with Crippen LogP contribution in [0.3, 0.4) is 0 Å². The van der Waals surface area contributed by atoms with Crippen LogP contribution < -0.4 is 5.32 Å². The minimum absolute atomic E-state index is 0.246. The quantitative estimate of drug-likeness (QED) is 0.458. The number of hydrogen-bond acceptors (Lipinski definition) is 3. The molecule has 1 radical (unpaired) electrons. The molecule has 0 saturated heterocycles. The van der Waals surface area contributed by atoms with Crippen LogP contribution in [-0.4, -0.2) is 29.5 Å². The van der Waals surface area contributed by atoms with Crippen molar-refractivity contribution in [3.8, 4) is 0 Å². The molecule has 0 amide bonds. The van der Waals surface area contributed by atoms with Crippen molar-refractivity contribution >= 4 is 0 Å². The van der Waals surface area contributed by atoms with Gasteiger partial charge >= 0.3 is 0 Å². The molecule has 0 aromatic rings. The Morgan fingerprint density at radius 2 is 2.20 bits per heavy atom. The van der Waals surface area contributed by atoms with Crippen LogP contribution in [0.1, 0.15) is 19.8 Å². The van der Waals surface area contributed by atoms with Crippen molar-refractivity contribution in [3.63, 3.8) is 0 Å². The van der Waals surface area contributed by atoms with Gasteiger partial charge in [0.2, 0.25) is 0 Å². The van der Waals surface area contributed by atoms with E-state index in [1.165, 1.54) is 0 Å². The second-order valence-electron chi connectivity index (χ2n) is 2.29. The van der Waals surface area contributed by atoms with Crippen LogP contribution in [0.2, 0.25) is 0 Å². The summed E-state index contributed by atoms with van der Waals surface area (Å²) in [4.78, 5) is 0. The van der Waals surface area contributed by atoms with E-state index in [1.807, 2.05) is 0 Å². The summed E-state index contributed by atoms with van der Waals surface area (Å²) in [5.74, 6) is 0. The average Bonchev–Trinajstić information content (AvgIpc) is 1.87. The van der Waals surface area contributed by atoms with Gasteiger partial charge in [-0.25, -0.2) is 0 Å². The summed E-state index contributed by atoms with van der Waals surface area (Å²) in [6.45, 7) is 4.40. The second-order valence-corrected chi connectivity index (χ2v) is 2.29. The van der Waals surface area contributed by atoms with E-state index >= 15 is 0 Å². The van der Waals surface area contributed by atoms with Crippen LogP contribution in [-0.2, 0) is 0 Å². The normalized spacial score (nSPS) is 13.5. The summed E-state index contributed by atoms with van der Waals surface area (Å²) < 4.78 is 0. The molecule has 1 unspecified atom stereocenters. The van der Waals surface area contributed by atoms with Gasteiger partial charge in [-0.1, -0.05) is 0 Å².